The van der Waals surface area contributed by atoms with E-state index in [1.807, 2.05) is 24.3 Å². The van der Waals surface area contributed by atoms with Crippen molar-refractivity contribution in [2.24, 2.45) is 0 Å². The highest BCUT2D eigenvalue weighted by Crippen LogP contribution is 2.31. The number of halogens is 4. The van der Waals surface area contributed by atoms with Crippen LogP contribution in [0.1, 0.15) is 21.6 Å². The van der Waals surface area contributed by atoms with Gasteiger partial charge in [0.2, 0.25) is 0 Å². The van der Waals surface area contributed by atoms with Crippen molar-refractivity contribution in [3.8, 4) is 11.8 Å². The van der Waals surface area contributed by atoms with E-state index in [-0.39, 0.29) is 16.9 Å². The normalized spacial score (nSPS) is 14.3. The van der Waals surface area contributed by atoms with E-state index >= 15 is 0 Å². The van der Waals surface area contributed by atoms with Crippen LogP contribution in [-0.2, 0) is 6.18 Å². The maximum atomic E-state index is 13.3. The number of anilines is 1. The van der Waals surface area contributed by atoms with Crippen LogP contribution in [0.3, 0.4) is 0 Å². The summed E-state index contributed by atoms with van der Waals surface area (Å²) in [4.78, 5) is 17.0. The molecule has 3 aromatic rings. The molecule has 1 aromatic heterocycles. The van der Waals surface area contributed by atoms with Gasteiger partial charge in [-0.1, -0.05) is 23.7 Å². The van der Waals surface area contributed by atoms with E-state index in [0.29, 0.717) is 31.2 Å². The number of nitriles is 1. The summed E-state index contributed by atoms with van der Waals surface area (Å²) in [5, 5.41) is 10.1. The van der Waals surface area contributed by atoms with Crippen molar-refractivity contribution in [1.82, 2.24) is 9.47 Å². The Morgan fingerprint density at radius 2 is 1.66 bits per heavy atom. The van der Waals surface area contributed by atoms with Gasteiger partial charge in [-0.3, -0.25) is 4.79 Å². The molecule has 1 saturated heterocycles. The van der Waals surface area contributed by atoms with E-state index in [0.717, 1.165) is 17.8 Å². The summed E-state index contributed by atoms with van der Waals surface area (Å²) in [7, 11) is 0. The second-order valence-electron chi connectivity index (χ2n) is 7.37. The van der Waals surface area contributed by atoms with Gasteiger partial charge in [0.15, 0.2) is 0 Å². The van der Waals surface area contributed by atoms with Gasteiger partial charge < -0.3 is 14.4 Å². The second kappa shape index (κ2) is 8.60. The lowest BCUT2D eigenvalue weighted by Gasteiger charge is -2.36. The fourth-order valence-corrected chi connectivity index (χ4v) is 3.96. The predicted molar refractivity (Wildman–Crippen MR) is 115 cm³/mol. The minimum atomic E-state index is -4.51. The Bertz CT molecular complexity index is 1190. The van der Waals surface area contributed by atoms with Crippen molar-refractivity contribution in [2.75, 3.05) is 31.1 Å². The van der Waals surface area contributed by atoms with Crippen molar-refractivity contribution in [1.29, 1.82) is 5.26 Å². The Labute approximate surface area is 187 Å². The molecule has 1 aliphatic heterocycles. The molecule has 0 unspecified atom stereocenters. The van der Waals surface area contributed by atoms with Gasteiger partial charge in [-0.25, -0.2) is 0 Å². The average Bonchev–Trinajstić information content (AvgIpc) is 3.22. The Morgan fingerprint density at radius 3 is 2.31 bits per heavy atom. The molecule has 0 N–H and O–H groups in total. The zero-order valence-corrected chi connectivity index (χ0v) is 17.6. The van der Waals surface area contributed by atoms with Crippen LogP contribution < -0.4 is 4.90 Å². The molecule has 1 amide bonds. The van der Waals surface area contributed by atoms with Gasteiger partial charge >= 0.3 is 6.18 Å². The molecular formula is C23H18ClF3N4O. The molecule has 0 saturated carbocycles. The zero-order valence-electron chi connectivity index (χ0n) is 16.8. The van der Waals surface area contributed by atoms with Crippen LogP contribution in [0, 0.1) is 11.3 Å². The van der Waals surface area contributed by atoms with E-state index in [4.69, 9.17) is 11.6 Å². The lowest BCUT2D eigenvalue weighted by atomic mass is 10.1. The number of aromatic nitrogens is 1. The van der Waals surface area contributed by atoms with E-state index in [1.165, 1.54) is 29.0 Å². The van der Waals surface area contributed by atoms with Crippen molar-refractivity contribution >= 4 is 23.2 Å². The molecular weight excluding hydrogens is 441 g/mol. The lowest BCUT2D eigenvalue weighted by molar-refractivity contribution is -0.137. The predicted octanol–water partition coefficient (Wildman–Crippen LogP) is 4.98. The molecule has 0 aliphatic carbocycles. The van der Waals surface area contributed by atoms with Crippen LogP contribution in [-0.4, -0.2) is 41.6 Å². The first-order valence-electron chi connectivity index (χ1n) is 9.87. The van der Waals surface area contributed by atoms with E-state index in [1.54, 1.807) is 11.0 Å². The van der Waals surface area contributed by atoms with E-state index in [9.17, 15) is 23.2 Å². The molecule has 1 fully saturated rings. The zero-order chi connectivity index (χ0) is 22.9. The molecule has 164 valence electrons. The van der Waals surface area contributed by atoms with Crippen LogP contribution in [0.15, 0.2) is 60.8 Å². The van der Waals surface area contributed by atoms with Crippen LogP contribution >= 0.6 is 11.6 Å². The maximum Gasteiger partial charge on any atom is 0.416 e. The largest absolute Gasteiger partial charge is 0.416 e. The Kier molecular flexibility index (Phi) is 5.85. The highest BCUT2D eigenvalue weighted by molar-refractivity contribution is 6.30. The van der Waals surface area contributed by atoms with Crippen LogP contribution in [0.5, 0.6) is 0 Å². The molecule has 0 atom stereocenters. The number of carbonyl (C=O) groups excluding carboxylic acids is 1. The highest BCUT2D eigenvalue weighted by Gasteiger charge is 2.31. The summed E-state index contributed by atoms with van der Waals surface area (Å²) < 4.78 is 40.8. The third kappa shape index (κ3) is 4.30. The van der Waals surface area contributed by atoms with Gasteiger partial charge in [-0.05, 0) is 42.5 Å². The van der Waals surface area contributed by atoms with Crippen molar-refractivity contribution in [3.63, 3.8) is 0 Å². The minimum absolute atomic E-state index is 0.0584. The molecule has 9 heteroatoms. The first-order valence-corrected chi connectivity index (χ1v) is 10.2. The first-order chi connectivity index (χ1) is 15.3. The van der Waals surface area contributed by atoms with Crippen molar-refractivity contribution in [3.05, 3.63) is 82.6 Å². The summed E-state index contributed by atoms with van der Waals surface area (Å²) in [5.41, 5.74) is 0.473. The SMILES string of the molecule is N#Cc1ccn(-c2cccc(C(F)(F)F)c2)c1C(=O)N1CCN(c2cccc(Cl)c2)CC1. The number of hydrogen-bond acceptors (Lipinski definition) is 3. The number of piperazine rings is 1. The smallest absolute Gasteiger partial charge is 0.368 e. The van der Waals surface area contributed by atoms with Gasteiger partial charge in [0.25, 0.3) is 5.91 Å². The summed E-state index contributed by atoms with van der Waals surface area (Å²) >= 11 is 6.06. The molecule has 0 bridgehead atoms. The van der Waals surface area contributed by atoms with Gasteiger partial charge in [0.05, 0.1) is 11.1 Å². The monoisotopic (exact) mass is 458 g/mol. The van der Waals surface area contributed by atoms with Gasteiger partial charge in [-0.15, -0.1) is 0 Å². The Balaban J connectivity index is 1.59. The lowest BCUT2D eigenvalue weighted by Crippen LogP contribution is -2.49. The number of nitrogens with zero attached hydrogens (tertiary/aromatic N) is 4. The van der Waals surface area contributed by atoms with Gasteiger partial charge in [0.1, 0.15) is 11.8 Å². The fraction of sp³-hybridized carbons (Fsp3) is 0.217. The standard InChI is InChI=1S/C23H18ClF3N4O/c24-18-4-2-5-19(14-18)29-9-11-30(12-10-29)22(32)21-16(15-28)7-8-31(21)20-6-1-3-17(13-20)23(25,26)27/h1-8,13-14H,9-12H2. The summed E-state index contributed by atoms with van der Waals surface area (Å²) in [6.07, 6.45) is -3.06. The molecule has 2 aromatic carbocycles. The average molecular weight is 459 g/mol. The Hall–Kier alpha value is -3.44. The number of carbonyl (C=O) groups is 1. The second-order valence-corrected chi connectivity index (χ2v) is 7.80. The van der Waals surface area contributed by atoms with Crippen LogP contribution in [0.25, 0.3) is 5.69 Å². The number of hydrogen-bond donors (Lipinski definition) is 0. The summed E-state index contributed by atoms with van der Waals surface area (Å²) in [6.45, 7) is 1.95. The molecule has 32 heavy (non-hydrogen) atoms. The van der Waals surface area contributed by atoms with Gasteiger partial charge in [0, 0.05) is 48.8 Å². The topological polar surface area (TPSA) is 52.3 Å². The van der Waals surface area contributed by atoms with E-state index in [2.05, 4.69) is 4.90 Å². The molecule has 1 aliphatic rings. The van der Waals surface area contributed by atoms with Crippen LogP contribution in [0.4, 0.5) is 18.9 Å². The van der Waals surface area contributed by atoms with Crippen LogP contribution in [0.2, 0.25) is 5.02 Å². The summed E-state index contributed by atoms with van der Waals surface area (Å²) in [6, 6.07) is 15.5. The molecule has 0 radical (unpaired) electrons. The third-order valence-electron chi connectivity index (χ3n) is 5.40. The number of benzene rings is 2. The Morgan fingerprint density at radius 1 is 0.969 bits per heavy atom. The number of amides is 1. The fourth-order valence-electron chi connectivity index (χ4n) is 3.78. The molecule has 0 spiro atoms. The highest BCUT2D eigenvalue weighted by atomic mass is 35.5. The quantitative estimate of drug-likeness (QED) is 0.556. The molecule has 5 nitrogen and oxygen atoms in total. The first kappa shape index (κ1) is 21.8. The maximum absolute atomic E-state index is 13.3. The number of rotatable bonds is 3. The minimum Gasteiger partial charge on any atom is -0.368 e. The van der Waals surface area contributed by atoms with Crippen molar-refractivity contribution < 1.29 is 18.0 Å². The summed E-state index contributed by atoms with van der Waals surface area (Å²) in [5.74, 6) is -0.394. The van der Waals surface area contributed by atoms with Gasteiger partial charge in [-0.2, -0.15) is 18.4 Å². The number of alkyl halides is 3. The third-order valence-corrected chi connectivity index (χ3v) is 5.64. The molecule has 4 rings (SSSR count). The van der Waals surface area contributed by atoms with E-state index < -0.39 is 17.6 Å². The van der Waals surface area contributed by atoms with Crippen molar-refractivity contribution in [2.45, 2.75) is 6.18 Å². The molecule has 2 heterocycles.